The highest BCUT2D eigenvalue weighted by Crippen LogP contribution is 2.51. The Balaban J connectivity index is 0.000000106. The molecule has 0 saturated carbocycles. The van der Waals surface area contributed by atoms with Crippen molar-refractivity contribution < 1.29 is 38.1 Å². The number of aromatic nitrogens is 16. The highest BCUT2D eigenvalue weighted by molar-refractivity contribution is 5.83. The van der Waals surface area contributed by atoms with Crippen LogP contribution >= 0.6 is 0 Å². The van der Waals surface area contributed by atoms with Gasteiger partial charge in [-0.05, 0) is 119 Å². The molecule has 8 aromatic heterocycles. The minimum Gasteiger partial charge on any atom is -0.379 e. The molecule has 4 aromatic carbocycles. The Hall–Kier alpha value is -13.0. The minimum absolute atomic E-state index is 0.0869. The summed E-state index contributed by atoms with van der Waals surface area (Å²) in [6.07, 6.45) is 23.4. The summed E-state index contributed by atoms with van der Waals surface area (Å²) >= 11 is 0. The van der Waals surface area contributed by atoms with E-state index in [9.17, 15) is 24.4 Å². The lowest BCUT2D eigenvalue weighted by Crippen LogP contribution is -2.37. The molecule has 0 aliphatic carbocycles. The van der Waals surface area contributed by atoms with Crippen molar-refractivity contribution in [1.82, 2.24) is 97.8 Å². The van der Waals surface area contributed by atoms with E-state index >= 15 is 0 Å². The third-order valence-corrected chi connectivity index (χ3v) is 29.0. The van der Waals surface area contributed by atoms with Crippen LogP contribution in [0.4, 0.5) is 46.0 Å². The molecule has 0 bridgehead atoms. The fraction of sp³-hybridized carbons (Fsp3) is 0.465. The van der Waals surface area contributed by atoms with E-state index in [1.165, 1.54) is 95.5 Å². The molecule has 33 nitrogen and oxygen atoms in total. The van der Waals surface area contributed by atoms with Gasteiger partial charge in [0.05, 0.1) is 114 Å². The summed E-state index contributed by atoms with van der Waals surface area (Å²) in [5.74, 6) is 5.25. The van der Waals surface area contributed by atoms with Gasteiger partial charge in [0.25, 0.3) is 0 Å². The van der Waals surface area contributed by atoms with Gasteiger partial charge in [0, 0.05) is 293 Å². The third-order valence-electron chi connectivity index (χ3n) is 29.0. The van der Waals surface area contributed by atoms with Crippen molar-refractivity contribution >= 4 is 69.6 Å². The third kappa shape index (κ3) is 16.0. The number of nitriles is 1. The molecule has 0 spiro atoms. The first-order chi connectivity index (χ1) is 64.1. The van der Waals surface area contributed by atoms with Crippen LogP contribution in [0.3, 0.4) is 0 Å². The SMILES string of the molecule is CC(=O)N1CCc2c(c(N3CC(CC#N)c4cc(-c5cnn(C)c5)ccc43)nn2C2CCOC2)C1.CC(=O)N1CCc2c(c(N3CCc4cc(-c5cnn(C)c5)ccc43)nn2C2COC2)C1.CC(=O)N1CCc2c(c(N3C[C@@H](C)c4cc(-c5cnn(C)c5)ccc43)nn2[C@H]2CCOC2)C1.CC(=O)N1CCc2c(c(N3C[C@H](C)c4cc(-c5cnn(C)c5)ccc43)nn2[C@H]2CCOC2)C1. The lowest BCUT2D eigenvalue weighted by Gasteiger charge is -2.31. The van der Waals surface area contributed by atoms with Gasteiger partial charge in [-0.1, -0.05) is 38.1 Å². The van der Waals surface area contributed by atoms with E-state index in [-0.39, 0.29) is 47.7 Å². The summed E-state index contributed by atoms with van der Waals surface area (Å²) in [5, 5.41) is 47.4. The average Bonchev–Trinajstić information content (AvgIpc) is 1.60. The summed E-state index contributed by atoms with van der Waals surface area (Å²) in [7, 11) is 7.74. The Labute approximate surface area is 767 Å². The largest absolute Gasteiger partial charge is 0.379 e. The van der Waals surface area contributed by atoms with Crippen LogP contribution in [0.5, 0.6) is 0 Å². The number of amides is 4. The minimum atomic E-state index is 0.0869. The van der Waals surface area contributed by atoms with Crippen molar-refractivity contribution in [3.63, 3.8) is 0 Å². The molecule has 4 saturated heterocycles. The Bertz CT molecular complexity index is 6290. The Kier molecular flexibility index (Phi) is 22.9. The first kappa shape index (κ1) is 85.7. The fourth-order valence-corrected chi connectivity index (χ4v) is 21.8. The summed E-state index contributed by atoms with van der Waals surface area (Å²) in [4.78, 5) is 65.7. The van der Waals surface area contributed by atoms with E-state index in [1.807, 2.05) is 99.0 Å². The average molecular weight is 1780 g/mol. The number of nitrogens with zero attached hydrogens (tertiary/aromatic N) is 25. The van der Waals surface area contributed by atoms with Gasteiger partial charge in [-0.25, -0.2) is 0 Å². The van der Waals surface area contributed by atoms with Crippen LogP contribution in [0.1, 0.15) is 176 Å². The van der Waals surface area contributed by atoms with E-state index in [4.69, 9.17) is 39.3 Å². The smallest absolute Gasteiger partial charge is 0.219 e. The topological polar surface area (TPSA) is 297 Å². The Morgan fingerprint density at radius 1 is 0.371 bits per heavy atom. The Morgan fingerprint density at radius 2 is 0.689 bits per heavy atom. The predicted octanol–water partition coefficient (Wildman–Crippen LogP) is 12.6. The quantitative estimate of drug-likeness (QED) is 0.104. The molecule has 12 aliphatic heterocycles. The monoisotopic (exact) mass is 1780 g/mol. The summed E-state index contributed by atoms with van der Waals surface area (Å²) in [6.45, 7) is 25.8. The molecule has 4 fully saturated rings. The highest BCUT2D eigenvalue weighted by atomic mass is 16.5. The number of fused-ring (bicyclic) bond motifs is 8. The second kappa shape index (κ2) is 35.3. The van der Waals surface area contributed by atoms with Gasteiger partial charge in [-0.2, -0.15) is 46.1 Å². The van der Waals surface area contributed by atoms with E-state index in [0.717, 1.165) is 186 Å². The van der Waals surface area contributed by atoms with Crippen LogP contribution in [0.2, 0.25) is 0 Å². The zero-order valence-electron chi connectivity index (χ0n) is 77.0. The summed E-state index contributed by atoms with van der Waals surface area (Å²) < 4.78 is 38.5. The fourth-order valence-electron chi connectivity index (χ4n) is 21.8. The molecular weight excluding hydrogens is 1670 g/mol. The van der Waals surface area contributed by atoms with Gasteiger partial charge in [0.15, 0.2) is 23.3 Å². The number of ether oxygens (including phenoxy) is 4. The maximum atomic E-state index is 12.2. The van der Waals surface area contributed by atoms with E-state index in [0.29, 0.717) is 83.4 Å². The number of carbonyl (C=O) groups excluding carboxylic acids is 4. The van der Waals surface area contributed by atoms with Crippen LogP contribution in [-0.2, 0) is 125 Å². The number of rotatable bonds is 13. The van der Waals surface area contributed by atoms with Gasteiger partial charge in [-0.15, -0.1) is 0 Å². The van der Waals surface area contributed by atoms with Gasteiger partial charge in [0.2, 0.25) is 23.6 Å². The lowest BCUT2D eigenvalue weighted by atomic mass is 9.95. The maximum Gasteiger partial charge on any atom is 0.219 e. The molecule has 33 heteroatoms. The molecule has 6 atom stereocenters. The summed E-state index contributed by atoms with van der Waals surface area (Å²) in [5.41, 5.74) is 28.7. The van der Waals surface area contributed by atoms with E-state index in [2.05, 4.69) is 164 Å². The molecule has 0 N–H and O–H groups in total. The number of hydrogen-bond donors (Lipinski definition) is 0. The molecule has 20 heterocycles. The first-order valence-electron chi connectivity index (χ1n) is 46.8. The van der Waals surface area contributed by atoms with E-state index < -0.39 is 0 Å². The molecule has 12 aromatic rings. The van der Waals surface area contributed by atoms with Crippen molar-refractivity contribution in [2.24, 2.45) is 28.2 Å². The predicted molar refractivity (Wildman–Crippen MR) is 497 cm³/mol. The lowest BCUT2D eigenvalue weighted by molar-refractivity contribution is -0.130. The molecule has 4 amide bonds. The highest BCUT2D eigenvalue weighted by Gasteiger charge is 2.43. The first-order valence-corrected chi connectivity index (χ1v) is 46.8. The summed E-state index contributed by atoms with van der Waals surface area (Å²) in [6, 6.07) is 30.0. The molecule has 0 radical (unpaired) electrons. The van der Waals surface area contributed by atoms with Crippen LogP contribution in [0.15, 0.2) is 122 Å². The molecule has 2 unspecified atom stereocenters. The molecule has 684 valence electrons. The molecular formula is C99H115N25O8. The van der Waals surface area contributed by atoms with Gasteiger partial charge in [-0.3, -0.25) is 56.6 Å². The number of anilines is 8. The van der Waals surface area contributed by atoms with Crippen LogP contribution in [0.25, 0.3) is 44.5 Å². The van der Waals surface area contributed by atoms with Crippen molar-refractivity contribution in [2.45, 2.75) is 167 Å². The zero-order chi connectivity index (χ0) is 90.6. The van der Waals surface area contributed by atoms with Crippen LogP contribution in [-0.4, -0.2) is 227 Å². The van der Waals surface area contributed by atoms with Crippen molar-refractivity contribution in [3.05, 3.63) is 190 Å². The molecule has 24 rings (SSSR count). The van der Waals surface area contributed by atoms with Gasteiger partial charge >= 0.3 is 0 Å². The second-order valence-electron chi connectivity index (χ2n) is 37.6. The second-order valence-corrected chi connectivity index (χ2v) is 37.6. The number of aryl methyl sites for hydroxylation is 4. The number of hydrogen-bond acceptors (Lipinski definition) is 21. The number of carbonyl (C=O) groups is 4. The molecule has 12 aliphatic rings. The Morgan fingerprint density at radius 3 is 1.01 bits per heavy atom. The van der Waals surface area contributed by atoms with Crippen molar-refractivity contribution in [2.75, 3.05) is 125 Å². The zero-order valence-corrected chi connectivity index (χ0v) is 77.0. The maximum absolute atomic E-state index is 12.2. The van der Waals surface area contributed by atoms with Gasteiger partial charge < -0.3 is 58.1 Å². The standard InChI is InChI=1S/C26H29N7O2.2C25H30N6O2.C23H26N6O2/c1-17(34)31-9-6-25-23(15-31)26(29-33(25)21-7-10-35-16-21)32-14-19(5-8-27)22-11-18(3-4-24(22)32)20-12-28-30(2)13-20;2*1-16-12-30(23-5-4-18(10-21(16)23)19-11-26-28(3)13-19)25-22-14-29(17(2)32)8-6-24(22)31(27-25)20-7-9-33-15-20;1-15(30)27-7-6-22-20(12-27)23(25-29(22)19-13-31-14-19)28-8-5-17-9-16(3-4-21(17)28)18-10-24-26(2)11-18/h3-4,11-13,19,21H,5-7,9-10,14-16H2,1-2H3;2*4-5,10-11,13,16,20H,6-9,12,14-15H2,1-3H3;3-4,9-11,19H,5-8,12-14H2,1-2H3/t;16-,20+;16-,20-;/m.10./s1. The number of benzene rings is 4. The van der Waals surface area contributed by atoms with Gasteiger partial charge in [0.1, 0.15) is 0 Å². The molecule has 132 heavy (non-hydrogen) atoms. The normalized spacial score (nSPS) is 20.9. The van der Waals surface area contributed by atoms with Crippen LogP contribution < -0.4 is 19.6 Å². The van der Waals surface area contributed by atoms with E-state index in [1.54, 1.807) is 32.4 Å². The van der Waals surface area contributed by atoms with Crippen LogP contribution in [0, 0.1) is 11.3 Å². The van der Waals surface area contributed by atoms with Crippen molar-refractivity contribution in [1.29, 1.82) is 5.26 Å². The van der Waals surface area contributed by atoms with Crippen molar-refractivity contribution in [3.8, 4) is 50.6 Å².